The van der Waals surface area contributed by atoms with Gasteiger partial charge < -0.3 is 20.1 Å². The van der Waals surface area contributed by atoms with E-state index in [1.54, 1.807) is 24.3 Å². The second kappa shape index (κ2) is 7.66. The maximum atomic E-state index is 12.7. The molecule has 2 amide bonds. The average molecular weight is 375 g/mol. The van der Waals surface area contributed by atoms with Crippen molar-refractivity contribution in [3.05, 3.63) is 58.1 Å². The molecule has 0 saturated heterocycles. The van der Waals surface area contributed by atoms with E-state index >= 15 is 0 Å². The Balaban J connectivity index is 1.76. The van der Waals surface area contributed by atoms with Crippen molar-refractivity contribution in [3.63, 3.8) is 0 Å². The van der Waals surface area contributed by atoms with Crippen molar-refractivity contribution in [2.45, 2.75) is 26.4 Å². The number of hydrogen-bond donors (Lipinski definition) is 2. The molecule has 0 atom stereocenters. The van der Waals surface area contributed by atoms with Crippen molar-refractivity contribution >= 4 is 23.4 Å². The first-order valence-corrected chi connectivity index (χ1v) is 8.59. The molecule has 0 radical (unpaired) electrons. The number of amides is 2. The Labute approximate surface area is 156 Å². The van der Waals surface area contributed by atoms with Gasteiger partial charge in [0.25, 0.3) is 11.8 Å². The fourth-order valence-electron chi connectivity index (χ4n) is 2.61. The summed E-state index contributed by atoms with van der Waals surface area (Å²) in [6, 6.07) is 10.2. The number of halogens is 1. The zero-order chi connectivity index (χ0) is 18.7. The zero-order valence-corrected chi connectivity index (χ0v) is 15.2. The highest BCUT2D eigenvalue weighted by Gasteiger charge is 2.21. The molecule has 0 spiro atoms. The van der Waals surface area contributed by atoms with E-state index in [9.17, 15) is 9.59 Å². The lowest BCUT2D eigenvalue weighted by Crippen LogP contribution is -2.33. The Kier molecular flexibility index (Phi) is 5.32. The van der Waals surface area contributed by atoms with E-state index in [0.29, 0.717) is 11.5 Å². The fourth-order valence-corrected chi connectivity index (χ4v) is 2.87. The minimum atomic E-state index is -0.415. The van der Waals surface area contributed by atoms with Gasteiger partial charge in [0.05, 0.1) is 16.1 Å². The van der Waals surface area contributed by atoms with Crippen molar-refractivity contribution in [2.75, 3.05) is 6.79 Å². The van der Waals surface area contributed by atoms with Crippen LogP contribution in [0.4, 0.5) is 0 Å². The van der Waals surface area contributed by atoms with Gasteiger partial charge in [-0.05, 0) is 43.7 Å². The highest BCUT2D eigenvalue weighted by atomic mass is 35.5. The summed E-state index contributed by atoms with van der Waals surface area (Å²) in [7, 11) is 0. The number of nitrogens with one attached hydrogen (secondary N) is 2. The van der Waals surface area contributed by atoms with Gasteiger partial charge in [0, 0.05) is 12.6 Å². The van der Waals surface area contributed by atoms with Crippen LogP contribution < -0.4 is 20.1 Å². The number of ether oxygens (including phenoxy) is 2. The largest absolute Gasteiger partial charge is 0.454 e. The van der Waals surface area contributed by atoms with Gasteiger partial charge in [0.2, 0.25) is 6.79 Å². The van der Waals surface area contributed by atoms with Gasteiger partial charge in [-0.15, -0.1) is 0 Å². The molecular formula is C19H19ClN2O4. The third-order valence-corrected chi connectivity index (χ3v) is 4.11. The Morgan fingerprint density at radius 2 is 1.88 bits per heavy atom. The summed E-state index contributed by atoms with van der Waals surface area (Å²) in [5.41, 5.74) is 1.25. The first-order chi connectivity index (χ1) is 12.5. The maximum absolute atomic E-state index is 12.7. The van der Waals surface area contributed by atoms with Crippen LogP contribution in [0.1, 0.15) is 40.1 Å². The summed E-state index contributed by atoms with van der Waals surface area (Å²) in [6.07, 6.45) is 0. The van der Waals surface area contributed by atoms with Crippen LogP contribution in [0.2, 0.25) is 5.02 Å². The quantitative estimate of drug-likeness (QED) is 0.843. The molecule has 2 N–H and O–H groups in total. The monoisotopic (exact) mass is 374 g/mol. The summed E-state index contributed by atoms with van der Waals surface area (Å²) < 4.78 is 10.6. The Bertz CT molecular complexity index is 851. The molecule has 1 aliphatic rings. The fraction of sp³-hybridized carbons (Fsp3) is 0.263. The van der Waals surface area contributed by atoms with Crippen LogP contribution in [0.25, 0.3) is 0 Å². The van der Waals surface area contributed by atoms with Crippen molar-refractivity contribution in [2.24, 2.45) is 0 Å². The molecule has 0 aromatic heterocycles. The topological polar surface area (TPSA) is 76.7 Å². The van der Waals surface area contributed by atoms with Crippen molar-refractivity contribution < 1.29 is 19.1 Å². The van der Waals surface area contributed by atoms with Gasteiger partial charge in [-0.1, -0.05) is 23.7 Å². The van der Waals surface area contributed by atoms with E-state index < -0.39 is 5.91 Å². The number of carbonyl (C=O) groups excluding carboxylic acids is 2. The van der Waals surface area contributed by atoms with E-state index in [0.717, 1.165) is 5.56 Å². The van der Waals surface area contributed by atoms with Crippen LogP contribution in [-0.4, -0.2) is 24.6 Å². The molecular weight excluding hydrogens is 356 g/mol. The summed E-state index contributed by atoms with van der Waals surface area (Å²) in [5.74, 6) is 0.572. The van der Waals surface area contributed by atoms with E-state index in [1.165, 1.54) is 0 Å². The molecule has 136 valence electrons. The number of rotatable bonds is 5. The first-order valence-electron chi connectivity index (χ1n) is 8.22. The van der Waals surface area contributed by atoms with Crippen LogP contribution in [0.3, 0.4) is 0 Å². The Hall–Kier alpha value is -2.73. The van der Waals surface area contributed by atoms with E-state index in [2.05, 4.69) is 10.6 Å². The van der Waals surface area contributed by atoms with Crippen LogP contribution >= 0.6 is 11.6 Å². The van der Waals surface area contributed by atoms with E-state index in [-0.39, 0.29) is 41.4 Å². The third-order valence-electron chi connectivity index (χ3n) is 3.80. The molecule has 0 aliphatic carbocycles. The molecule has 1 heterocycles. The van der Waals surface area contributed by atoms with Crippen LogP contribution in [-0.2, 0) is 6.54 Å². The normalized spacial score (nSPS) is 12.2. The molecule has 0 bridgehead atoms. The number of fused-ring (bicyclic) bond motifs is 1. The minimum absolute atomic E-state index is 0.0500. The highest BCUT2D eigenvalue weighted by Crippen LogP contribution is 2.32. The highest BCUT2D eigenvalue weighted by molar-refractivity contribution is 6.34. The van der Waals surface area contributed by atoms with Gasteiger partial charge in [-0.25, -0.2) is 0 Å². The van der Waals surface area contributed by atoms with Crippen molar-refractivity contribution in [1.29, 1.82) is 0 Å². The van der Waals surface area contributed by atoms with Gasteiger partial charge in [-0.2, -0.15) is 0 Å². The molecule has 0 unspecified atom stereocenters. The number of carbonyl (C=O) groups is 2. The van der Waals surface area contributed by atoms with Gasteiger partial charge in [-0.3, -0.25) is 9.59 Å². The second-order valence-corrected chi connectivity index (χ2v) is 6.57. The second-order valence-electron chi connectivity index (χ2n) is 6.16. The Morgan fingerprint density at radius 1 is 1.12 bits per heavy atom. The van der Waals surface area contributed by atoms with Crippen molar-refractivity contribution in [1.82, 2.24) is 10.6 Å². The molecule has 6 nitrogen and oxygen atoms in total. The number of benzene rings is 2. The molecule has 0 fully saturated rings. The first kappa shape index (κ1) is 18.1. The lowest BCUT2D eigenvalue weighted by molar-refractivity contribution is 0.0912. The summed E-state index contributed by atoms with van der Waals surface area (Å²) in [6.45, 7) is 4.16. The zero-order valence-electron chi connectivity index (χ0n) is 14.5. The average Bonchev–Trinajstić information content (AvgIpc) is 3.06. The molecule has 1 aliphatic heterocycles. The standard InChI is InChI=1S/C19H19ClN2O4/c1-11(2)22-18(23)13-4-3-5-14(20)17(13)19(24)21-9-12-6-7-15-16(8-12)26-10-25-15/h3-8,11H,9-10H2,1-2H3,(H,21,24)(H,22,23). The SMILES string of the molecule is CC(C)NC(=O)c1cccc(Cl)c1C(=O)NCc1ccc2c(c1)OCO2. The third kappa shape index (κ3) is 3.91. The van der Waals surface area contributed by atoms with Crippen LogP contribution in [0, 0.1) is 0 Å². The van der Waals surface area contributed by atoms with Gasteiger partial charge >= 0.3 is 0 Å². The molecule has 2 aromatic rings. The maximum Gasteiger partial charge on any atom is 0.253 e. The smallest absolute Gasteiger partial charge is 0.253 e. The lowest BCUT2D eigenvalue weighted by Gasteiger charge is -2.14. The predicted molar refractivity (Wildman–Crippen MR) is 97.8 cm³/mol. The Morgan fingerprint density at radius 3 is 2.65 bits per heavy atom. The molecule has 3 rings (SSSR count). The lowest BCUT2D eigenvalue weighted by atomic mass is 10.1. The summed E-state index contributed by atoms with van der Waals surface area (Å²) in [5, 5.41) is 5.80. The van der Waals surface area contributed by atoms with Crippen LogP contribution in [0.15, 0.2) is 36.4 Å². The van der Waals surface area contributed by atoms with E-state index in [1.807, 2.05) is 26.0 Å². The molecule has 7 heteroatoms. The predicted octanol–water partition coefficient (Wildman–Crippen LogP) is 3.14. The van der Waals surface area contributed by atoms with Crippen LogP contribution in [0.5, 0.6) is 11.5 Å². The molecule has 26 heavy (non-hydrogen) atoms. The molecule has 2 aromatic carbocycles. The van der Waals surface area contributed by atoms with Gasteiger partial charge in [0.1, 0.15) is 0 Å². The van der Waals surface area contributed by atoms with Crippen molar-refractivity contribution in [3.8, 4) is 11.5 Å². The summed E-state index contributed by atoms with van der Waals surface area (Å²) >= 11 is 6.19. The molecule has 0 saturated carbocycles. The van der Waals surface area contributed by atoms with E-state index in [4.69, 9.17) is 21.1 Å². The van der Waals surface area contributed by atoms with Gasteiger partial charge in [0.15, 0.2) is 11.5 Å². The minimum Gasteiger partial charge on any atom is -0.454 e. The number of hydrogen-bond acceptors (Lipinski definition) is 4. The summed E-state index contributed by atoms with van der Waals surface area (Å²) in [4.78, 5) is 25.0.